The first-order valence-electron chi connectivity index (χ1n) is 10.2. The third-order valence-electron chi connectivity index (χ3n) is 5.35. The summed E-state index contributed by atoms with van der Waals surface area (Å²) >= 11 is 0. The lowest BCUT2D eigenvalue weighted by molar-refractivity contribution is 0.348. The molecule has 0 spiro atoms. The summed E-state index contributed by atoms with van der Waals surface area (Å²) in [6.07, 6.45) is 3.96. The number of fused-ring (bicyclic) bond motifs is 2. The third kappa shape index (κ3) is 3.63. The number of ether oxygens (including phenoxy) is 4. The number of anilines is 1. The molecule has 1 N–H and O–H groups in total. The van der Waals surface area contributed by atoms with E-state index in [2.05, 4.69) is 20.0 Å². The third-order valence-corrected chi connectivity index (χ3v) is 6.74. The minimum Gasteiger partial charge on any atom is -0.495 e. The summed E-state index contributed by atoms with van der Waals surface area (Å²) < 4.78 is 58.4. The normalized spacial score (nSPS) is 12.9. The highest BCUT2D eigenvalue weighted by Gasteiger charge is 2.33. The van der Waals surface area contributed by atoms with Gasteiger partial charge in [-0.05, 0) is 6.07 Å². The lowest BCUT2D eigenvalue weighted by Crippen LogP contribution is -2.16. The number of sulfonamides is 1. The molecular weight excluding hydrogens is 466 g/mol. The van der Waals surface area contributed by atoms with E-state index >= 15 is 0 Å². The Morgan fingerprint density at radius 1 is 1.18 bits per heavy atom. The Kier molecular flexibility index (Phi) is 5.40. The first-order chi connectivity index (χ1) is 16.4. The van der Waals surface area contributed by atoms with Crippen molar-refractivity contribution in [1.29, 1.82) is 0 Å². The number of benzene rings is 1. The number of nitrogens with one attached hydrogen (secondary N) is 1. The SMILES string of the molecule is COc1cc2c(c(OC)c1S(=O)(=O)Nc1noc3cc(Cn4cccn4)nc(OC)c13)CCO2. The Balaban J connectivity index is 1.57. The lowest BCUT2D eigenvalue weighted by atomic mass is 10.1. The van der Waals surface area contributed by atoms with Crippen molar-refractivity contribution < 1.29 is 31.9 Å². The summed E-state index contributed by atoms with van der Waals surface area (Å²) in [4.78, 5) is 4.29. The second kappa shape index (κ2) is 8.41. The molecule has 34 heavy (non-hydrogen) atoms. The van der Waals surface area contributed by atoms with E-state index in [1.165, 1.54) is 27.4 Å². The van der Waals surface area contributed by atoms with Crippen LogP contribution in [0.1, 0.15) is 11.3 Å². The summed E-state index contributed by atoms with van der Waals surface area (Å²) in [5.41, 5.74) is 1.55. The van der Waals surface area contributed by atoms with E-state index in [1.807, 2.05) is 0 Å². The number of aromatic nitrogens is 4. The lowest BCUT2D eigenvalue weighted by Gasteiger charge is -2.16. The Morgan fingerprint density at radius 3 is 2.74 bits per heavy atom. The molecule has 3 aromatic heterocycles. The molecule has 0 saturated carbocycles. The maximum Gasteiger partial charge on any atom is 0.270 e. The molecule has 0 fully saturated rings. The Labute approximate surface area is 194 Å². The molecule has 0 bridgehead atoms. The maximum atomic E-state index is 13.5. The van der Waals surface area contributed by atoms with Crippen LogP contribution in [0.3, 0.4) is 0 Å². The minimum atomic E-state index is -4.23. The fraction of sp³-hybridized carbons (Fsp3) is 0.286. The molecule has 1 aromatic carbocycles. The van der Waals surface area contributed by atoms with Crippen molar-refractivity contribution in [2.75, 3.05) is 32.7 Å². The zero-order chi connectivity index (χ0) is 23.9. The van der Waals surface area contributed by atoms with Crippen LogP contribution in [0, 0.1) is 0 Å². The highest BCUT2D eigenvalue weighted by atomic mass is 32.2. The molecule has 12 nitrogen and oxygen atoms in total. The molecule has 178 valence electrons. The Hall–Kier alpha value is -4.00. The van der Waals surface area contributed by atoms with Crippen molar-refractivity contribution >= 4 is 26.8 Å². The van der Waals surface area contributed by atoms with Crippen molar-refractivity contribution in [2.24, 2.45) is 0 Å². The van der Waals surface area contributed by atoms with Crippen LogP contribution in [-0.4, -0.2) is 56.3 Å². The van der Waals surface area contributed by atoms with E-state index in [9.17, 15) is 8.42 Å². The molecule has 5 rings (SSSR count). The fourth-order valence-electron chi connectivity index (χ4n) is 3.90. The molecule has 0 unspecified atom stereocenters. The van der Waals surface area contributed by atoms with Gasteiger partial charge in [0.1, 0.15) is 22.6 Å². The second-order valence-corrected chi connectivity index (χ2v) is 8.97. The minimum absolute atomic E-state index is 0.0735. The molecule has 0 saturated heterocycles. The van der Waals surface area contributed by atoms with Crippen LogP contribution in [0.15, 0.2) is 40.0 Å². The predicted molar refractivity (Wildman–Crippen MR) is 119 cm³/mol. The van der Waals surface area contributed by atoms with Crippen molar-refractivity contribution in [3.05, 3.63) is 41.9 Å². The molecule has 4 heterocycles. The van der Waals surface area contributed by atoms with Gasteiger partial charge >= 0.3 is 0 Å². The van der Waals surface area contributed by atoms with E-state index in [0.29, 0.717) is 42.2 Å². The largest absolute Gasteiger partial charge is 0.495 e. The average molecular weight is 487 g/mol. The highest BCUT2D eigenvalue weighted by Crippen LogP contribution is 2.45. The monoisotopic (exact) mass is 487 g/mol. The van der Waals surface area contributed by atoms with Crippen LogP contribution < -0.4 is 23.7 Å². The molecule has 13 heteroatoms. The van der Waals surface area contributed by atoms with Gasteiger partial charge in [-0.1, -0.05) is 5.16 Å². The molecule has 0 aliphatic carbocycles. The second-order valence-electron chi connectivity index (χ2n) is 7.35. The van der Waals surface area contributed by atoms with Gasteiger partial charge in [-0.15, -0.1) is 0 Å². The van der Waals surface area contributed by atoms with Gasteiger partial charge in [0.25, 0.3) is 10.0 Å². The van der Waals surface area contributed by atoms with E-state index in [0.717, 1.165) is 0 Å². The van der Waals surface area contributed by atoms with Crippen LogP contribution >= 0.6 is 0 Å². The van der Waals surface area contributed by atoms with Gasteiger partial charge in [0.05, 0.1) is 40.2 Å². The van der Waals surface area contributed by atoms with Crippen LogP contribution in [0.2, 0.25) is 0 Å². The average Bonchev–Trinajstić information content (AvgIpc) is 3.58. The number of pyridine rings is 1. The first kappa shape index (κ1) is 21.8. The van der Waals surface area contributed by atoms with Crippen LogP contribution in [0.4, 0.5) is 5.82 Å². The summed E-state index contributed by atoms with van der Waals surface area (Å²) in [5.74, 6) is 0.823. The first-order valence-corrected chi connectivity index (χ1v) is 11.7. The van der Waals surface area contributed by atoms with Gasteiger partial charge in [0.15, 0.2) is 16.3 Å². The van der Waals surface area contributed by atoms with Gasteiger partial charge < -0.3 is 23.5 Å². The van der Waals surface area contributed by atoms with E-state index in [1.54, 1.807) is 29.2 Å². The van der Waals surface area contributed by atoms with Crippen molar-refractivity contribution in [3.63, 3.8) is 0 Å². The van der Waals surface area contributed by atoms with Gasteiger partial charge in [-0.3, -0.25) is 9.40 Å². The quantitative estimate of drug-likeness (QED) is 0.393. The molecular formula is C21H21N5O7S. The highest BCUT2D eigenvalue weighted by molar-refractivity contribution is 7.93. The van der Waals surface area contributed by atoms with Gasteiger partial charge in [0.2, 0.25) is 5.88 Å². The van der Waals surface area contributed by atoms with Crippen LogP contribution in [0.25, 0.3) is 11.0 Å². The summed E-state index contributed by atoms with van der Waals surface area (Å²) in [6.45, 7) is 0.788. The number of rotatable bonds is 8. The van der Waals surface area contributed by atoms with Crippen molar-refractivity contribution in [1.82, 2.24) is 19.9 Å². The number of methoxy groups -OCH3 is 3. The zero-order valence-corrected chi connectivity index (χ0v) is 19.4. The van der Waals surface area contributed by atoms with E-state index in [-0.39, 0.29) is 33.5 Å². The molecule has 0 atom stereocenters. The zero-order valence-electron chi connectivity index (χ0n) is 18.6. The van der Waals surface area contributed by atoms with Crippen LogP contribution in [-0.2, 0) is 23.0 Å². The Bertz CT molecular complexity index is 1460. The van der Waals surface area contributed by atoms with E-state index in [4.69, 9.17) is 23.5 Å². The molecule has 1 aliphatic rings. The van der Waals surface area contributed by atoms with Gasteiger partial charge in [-0.2, -0.15) is 5.10 Å². The van der Waals surface area contributed by atoms with E-state index < -0.39 is 10.0 Å². The summed E-state index contributed by atoms with van der Waals surface area (Å²) in [7, 11) is -0.0410. The number of nitrogens with zero attached hydrogens (tertiary/aromatic N) is 4. The number of hydrogen-bond acceptors (Lipinski definition) is 10. The summed E-state index contributed by atoms with van der Waals surface area (Å²) in [5, 5.41) is 8.35. The van der Waals surface area contributed by atoms with Gasteiger partial charge in [-0.25, -0.2) is 13.4 Å². The molecule has 0 amide bonds. The number of hydrogen-bond donors (Lipinski definition) is 1. The summed E-state index contributed by atoms with van der Waals surface area (Å²) in [6, 6.07) is 4.98. The standard InChI is InChI=1S/C21H21N5O7S/c1-29-16-10-14-13(5-8-32-14)18(30-2)19(16)34(27,28)25-20-17-15(33-24-20)9-12(23-21(17)31-3)11-26-7-4-6-22-26/h4,6-7,9-10H,5,8,11H2,1-3H3,(H,24,25). The molecule has 1 aliphatic heterocycles. The molecule has 4 aromatic rings. The topological polar surface area (TPSA) is 140 Å². The van der Waals surface area contributed by atoms with Crippen molar-refractivity contribution in [3.8, 4) is 23.1 Å². The van der Waals surface area contributed by atoms with Gasteiger partial charge in [0, 0.05) is 36.5 Å². The van der Waals surface area contributed by atoms with Crippen LogP contribution in [0.5, 0.6) is 23.1 Å². The fourth-order valence-corrected chi connectivity index (χ4v) is 5.25. The Morgan fingerprint density at radius 2 is 2.03 bits per heavy atom. The predicted octanol–water partition coefficient (Wildman–Crippen LogP) is 2.23. The van der Waals surface area contributed by atoms with Crippen molar-refractivity contribution in [2.45, 2.75) is 17.9 Å². The maximum absolute atomic E-state index is 13.5. The molecule has 0 radical (unpaired) electrons. The smallest absolute Gasteiger partial charge is 0.270 e.